The van der Waals surface area contributed by atoms with Crippen molar-refractivity contribution in [2.24, 2.45) is 0 Å². The van der Waals surface area contributed by atoms with Crippen molar-refractivity contribution in [1.82, 2.24) is 0 Å². The van der Waals surface area contributed by atoms with E-state index >= 15 is 0 Å². The fraction of sp³-hybridized carbons (Fsp3) is 0.500. The highest BCUT2D eigenvalue weighted by molar-refractivity contribution is 5.16. The second-order valence-electron chi connectivity index (χ2n) is 2.04. The topological polar surface area (TPSA) is 0 Å². The van der Waals surface area contributed by atoms with Crippen molar-refractivity contribution < 1.29 is 0 Å². The minimum atomic E-state index is 0. The molecule has 0 amide bonds. The standard InChI is InChI=1S/C9H14.C2H6.CH4/c1-4-5-6-7-8-9(2)3;1-2;/h5-8H,2,4H2,1,3H3;1-2H3;1H4/b6-5-,8-7-;;. The lowest BCUT2D eigenvalue weighted by Crippen LogP contribution is -1.58. The largest absolute Gasteiger partial charge is 0.0961 e. The highest BCUT2D eigenvalue weighted by atomic mass is 13.7. The van der Waals surface area contributed by atoms with Crippen molar-refractivity contribution in [1.29, 1.82) is 0 Å². The molecular formula is C12H24. The predicted molar refractivity (Wildman–Crippen MR) is 61.5 cm³/mol. The van der Waals surface area contributed by atoms with Gasteiger partial charge in [0, 0.05) is 0 Å². The molecule has 0 aromatic heterocycles. The van der Waals surface area contributed by atoms with E-state index < -0.39 is 0 Å². The zero-order valence-corrected chi connectivity index (χ0v) is 8.22. The molecule has 0 heteroatoms. The molecule has 0 aromatic carbocycles. The molecule has 0 radical (unpaired) electrons. The molecule has 12 heavy (non-hydrogen) atoms. The maximum absolute atomic E-state index is 3.73. The first-order chi connectivity index (χ1) is 5.27. The Morgan fingerprint density at radius 2 is 1.75 bits per heavy atom. The zero-order valence-electron chi connectivity index (χ0n) is 8.22. The van der Waals surface area contributed by atoms with E-state index in [0.717, 1.165) is 12.0 Å². The van der Waals surface area contributed by atoms with Crippen LogP contribution in [0, 0.1) is 0 Å². The molecule has 0 spiro atoms. The van der Waals surface area contributed by atoms with Crippen LogP contribution in [0.3, 0.4) is 0 Å². The summed E-state index contributed by atoms with van der Waals surface area (Å²) in [4.78, 5) is 0. The fourth-order valence-electron chi connectivity index (χ4n) is 0.434. The van der Waals surface area contributed by atoms with Crippen LogP contribution in [0.1, 0.15) is 41.5 Å². The van der Waals surface area contributed by atoms with Crippen LogP contribution < -0.4 is 0 Å². The highest BCUT2D eigenvalue weighted by Gasteiger charge is 1.68. The third-order valence-corrected chi connectivity index (χ3v) is 0.864. The summed E-state index contributed by atoms with van der Waals surface area (Å²) in [6, 6.07) is 0. The van der Waals surface area contributed by atoms with Crippen LogP contribution in [0.15, 0.2) is 36.5 Å². The lowest BCUT2D eigenvalue weighted by Gasteiger charge is -1.79. The molecule has 0 saturated heterocycles. The summed E-state index contributed by atoms with van der Waals surface area (Å²) >= 11 is 0. The summed E-state index contributed by atoms with van der Waals surface area (Å²) in [5.41, 5.74) is 1.09. The Bertz CT molecular complexity index is 127. The first-order valence-corrected chi connectivity index (χ1v) is 4.26. The predicted octanol–water partition coefficient (Wildman–Crippen LogP) is 4.75. The van der Waals surface area contributed by atoms with Gasteiger partial charge in [0.15, 0.2) is 0 Å². The molecule has 0 saturated carbocycles. The van der Waals surface area contributed by atoms with Crippen molar-refractivity contribution in [3.05, 3.63) is 36.5 Å². The second kappa shape index (κ2) is 16.7. The Morgan fingerprint density at radius 3 is 2.08 bits per heavy atom. The third kappa shape index (κ3) is 22.9. The van der Waals surface area contributed by atoms with Gasteiger partial charge in [-0.3, -0.25) is 0 Å². The van der Waals surface area contributed by atoms with E-state index in [1.54, 1.807) is 0 Å². The molecule has 0 aromatic rings. The average molecular weight is 168 g/mol. The maximum atomic E-state index is 3.73. The van der Waals surface area contributed by atoms with Gasteiger partial charge in [-0.25, -0.2) is 0 Å². The van der Waals surface area contributed by atoms with Crippen LogP contribution in [-0.2, 0) is 0 Å². The van der Waals surface area contributed by atoms with Gasteiger partial charge in [-0.05, 0) is 13.3 Å². The van der Waals surface area contributed by atoms with Crippen molar-refractivity contribution in [3.63, 3.8) is 0 Å². The Labute approximate surface area is 78.7 Å². The van der Waals surface area contributed by atoms with Crippen LogP contribution in [0.4, 0.5) is 0 Å². The fourth-order valence-corrected chi connectivity index (χ4v) is 0.434. The van der Waals surface area contributed by atoms with Crippen LogP contribution in [0.5, 0.6) is 0 Å². The van der Waals surface area contributed by atoms with Crippen molar-refractivity contribution in [2.45, 2.75) is 41.5 Å². The number of rotatable bonds is 3. The van der Waals surface area contributed by atoms with Gasteiger partial charge >= 0.3 is 0 Å². The van der Waals surface area contributed by atoms with Gasteiger partial charge in [-0.1, -0.05) is 64.7 Å². The monoisotopic (exact) mass is 168 g/mol. The summed E-state index contributed by atoms with van der Waals surface area (Å²) in [7, 11) is 0. The molecule has 0 nitrogen and oxygen atoms in total. The summed E-state index contributed by atoms with van der Waals surface area (Å²) in [6.07, 6.45) is 9.24. The molecule has 0 fully saturated rings. The Hall–Kier alpha value is -0.780. The minimum absolute atomic E-state index is 0. The first-order valence-electron chi connectivity index (χ1n) is 4.26. The van der Waals surface area contributed by atoms with E-state index in [0.29, 0.717) is 0 Å². The van der Waals surface area contributed by atoms with Crippen molar-refractivity contribution >= 4 is 0 Å². The quantitative estimate of drug-likeness (QED) is 0.534. The van der Waals surface area contributed by atoms with E-state index in [-0.39, 0.29) is 7.43 Å². The lowest BCUT2D eigenvalue weighted by atomic mass is 10.3. The van der Waals surface area contributed by atoms with Crippen LogP contribution in [-0.4, -0.2) is 0 Å². The molecule has 0 bridgehead atoms. The van der Waals surface area contributed by atoms with Crippen LogP contribution in [0.2, 0.25) is 0 Å². The minimum Gasteiger partial charge on any atom is -0.0961 e. The van der Waals surface area contributed by atoms with Gasteiger partial charge in [0.25, 0.3) is 0 Å². The Balaban J connectivity index is -0.000000249. The summed E-state index contributed by atoms with van der Waals surface area (Å²) in [5.74, 6) is 0. The normalized spacial score (nSPS) is 9.00. The molecule has 0 heterocycles. The Kier molecular flexibility index (Phi) is 24.1. The summed E-state index contributed by atoms with van der Waals surface area (Å²) in [6.45, 7) is 11.8. The smallest absolute Gasteiger partial charge is 0.0376 e. The van der Waals surface area contributed by atoms with E-state index in [1.165, 1.54) is 0 Å². The number of hydrogen-bond donors (Lipinski definition) is 0. The maximum Gasteiger partial charge on any atom is -0.0376 e. The SMILES string of the molecule is C.C=C(C)/C=C\C=C/CC.CC. The molecule has 0 aliphatic carbocycles. The number of hydrogen-bond acceptors (Lipinski definition) is 0. The van der Waals surface area contributed by atoms with Crippen molar-refractivity contribution in [2.75, 3.05) is 0 Å². The number of allylic oxidation sites excluding steroid dienone is 5. The molecule has 0 aliphatic heterocycles. The van der Waals surface area contributed by atoms with E-state index in [1.807, 2.05) is 39.0 Å². The average Bonchev–Trinajstić information content (AvgIpc) is 2.02. The molecule has 0 aliphatic rings. The van der Waals surface area contributed by atoms with Crippen molar-refractivity contribution in [3.8, 4) is 0 Å². The molecular weight excluding hydrogens is 144 g/mol. The third-order valence-electron chi connectivity index (χ3n) is 0.864. The summed E-state index contributed by atoms with van der Waals surface area (Å²) in [5, 5.41) is 0. The zero-order chi connectivity index (χ0) is 9.11. The van der Waals surface area contributed by atoms with E-state index in [4.69, 9.17) is 0 Å². The molecule has 0 atom stereocenters. The first kappa shape index (κ1) is 17.3. The molecule has 72 valence electrons. The highest BCUT2D eigenvalue weighted by Crippen LogP contribution is 1.89. The van der Waals surface area contributed by atoms with Gasteiger partial charge in [0.2, 0.25) is 0 Å². The van der Waals surface area contributed by atoms with Crippen LogP contribution in [0.25, 0.3) is 0 Å². The van der Waals surface area contributed by atoms with E-state index in [9.17, 15) is 0 Å². The Morgan fingerprint density at radius 1 is 1.25 bits per heavy atom. The van der Waals surface area contributed by atoms with E-state index in [2.05, 4.69) is 19.6 Å². The van der Waals surface area contributed by atoms with Gasteiger partial charge < -0.3 is 0 Å². The lowest BCUT2D eigenvalue weighted by molar-refractivity contribution is 1.22. The summed E-state index contributed by atoms with van der Waals surface area (Å²) < 4.78 is 0. The molecule has 0 N–H and O–H groups in total. The molecule has 0 rings (SSSR count). The van der Waals surface area contributed by atoms with Gasteiger partial charge in [0.05, 0.1) is 0 Å². The van der Waals surface area contributed by atoms with Gasteiger partial charge in [-0.2, -0.15) is 0 Å². The van der Waals surface area contributed by atoms with Gasteiger partial charge in [-0.15, -0.1) is 0 Å². The van der Waals surface area contributed by atoms with Crippen LogP contribution >= 0.6 is 0 Å². The molecule has 0 unspecified atom stereocenters. The second-order valence-corrected chi connectivity index (χ2v) is 2.04. The van der Waals surface area contributed by atoms with Gasteiger partial charge in [0.1, 0.15) is 0 Å².